The maximum atomic E-state index is 12.1. The van der Waals surface area contributed by atoms with Gasteiger partial charge in [0.15, 0.2) is 6.10 Å². The molecule has 2 N–H and O–H groups in total. The maximum absolute atomic E-state index is 12.1. The monoisotopic (exact) mass is 492 g/mol. The lowest BCUT2D eigenvalue weighted by molar-refractivity contribution is -0.161. The number of hydrogen-bond acceptors (Lipinski definition) is 6. The summed E-state index contributed by atoms with van der Waals surface area (Å²) in [5.41, 5.74) is 0. The molecule has 0 radical (unpaired) electrons. The predicted octanol–water partition coefficient (Wildman–Crippen LogP) is 6.00. The summed E-state index contributed by atoms with van der Waals surface area (Å²) in [5.74, 6) is -0.928. The van der Waals surface area contributed by atoms with Crippen LogP contribution in [0, 0.1) is 0 Å². The first-order chi connectivity index (χ1) is 15.8. The number of unbranched alkanes of at least 4 members (excludes halogenated alkanes) is 10. The lowest BCUT2D eigenvalue weighted by Crippen LogP contribution is -2.29. The molecule has 0 amide bonds. The van der Waals surface area contributed by atoms with Gasteiger partial charge in [0.1, 0.15) is 6.61 Å². The number of carbonyl (C=O) groups is 2. The molecule has 0 aliphatic carbocycles. The van der Waals surface area contributed by atoms with Gasteiger partial charge in [-0.1, -0.05) is 70.9 Å². The minimum absolute atomic E-state index is 0.203. The van der Waals surface area contributed by atoms with Crippen molar-refractivity contribution in [2.24, 2.45) is 0 Å². The molecule has 1 atom stereocenters. The molecule has 0 aromatic heterocycles. The molecule has 0 fully saturated rings. The summed E-state index contributed by atoms with van der Waals surface area (Å²) in [6, 6.07) is 0. The van der Waals surface area contributed by atoms with Crippen molar-refractivity contribution in [1.29, 1.82) is 0 Å². The fourth-order valence-electron chi connectivity index (χ4n) is 3.13. The zero-order valence-corrected chi connectivity index (χ0v) is 21.4. The summed E-state index contributed by atoms with van der Waals surface area (Å²) in [4.78, 5) is 41.6. The van der Waals surface area contributed by atoms with Crippen molar-refractivity contribution in [2.45, 2.75) is 116 Å². The van der Waals surface area contributed by atoms with Crippen molar-refractivity contribution < 1.29 is 37.9 Å². The third-order valence-corrected chi connectivity index (χ3v) is 5.52. The van der Waals surface area contributed by atoms with E-state index < -0.39 is 32.5 Å². The number of hydrogen-bond donors (Lipinski definition) is 2. The van der Waals surface area contributed by atoms with E-state index in [0.29, 0.717) is 12.8 Å². The van der Waals surface area contributed by atoms with E-state index in [2.05, 4.69) is 23.6 Å². The molecule has 33 heavy (non-hydrogen) atoms. The second kappa shape index (κ2) is 21.3. The van der Waals surface area contributed by atoms with E-state index in [0.717, 1.165) is 51.4 Å². The molecule has 0 saturated heterocycles. The predicted molar refractivity (Wildman–Crippen MR) is 129 cm³/mol. The molecular formula is C24H45O8P. The molecule has 0 aliphatic rings. The fraction of sp³-hybridized carbons (Fsp3) is 0.833. The third kappa shape index (κ3) is 23.7. The number of phosphoric ester groups is 1. The standard InChI is InChI=1S/C24H45O8P/c1-3-5-7-8-9-10-11-12-13-14-15-17-19-24(26)32-22(21-31-33(27,28)29)20-30-23(25)18-16-6-4-2/h9-10,22H,3-8,11-21H2,1-2H3,(H2,27,28,29)/b10-9-. The topological polar surface area (TPSA) is 119 Å². The van der Waals surface area contributed by atoms with Gasteiger partial charge in [-0.2, -0.15) is 0 Å². The van der Waals surface area contributed by atoms with Crippen molar-refractivity contribution in [3.05, 3.63) is 12.2 Å². The highest BCUT2D eigenvalue weighted by Crippen LogP contribution is 2.35. The van der Waals surface area contributed by atoms with E-state index in [9.17, 15) is 14.2 Å². The number of allylic oxidation sites excluding steroid dienone is 2. The van der Waals surface area contributed by atoms with Gasteiger partial charge < -0.3 is 19.3 Å². The van der Waals surface area contributed by atoms with Crippen LogP contribution < -0.4 is 0 Å². The first kappa shape index (κ1) is 31.8. The first-order valence-electron chi connectivity index (χ1n) is 12.5. The molecule has 1 unspecified atom stereocenters. The number of phosphoric acid groups is 1. The van der Waals surface area contributed by atoms with Crippen molar-refractivity contribution in [3.63, 3.8) is 0 Å². The summed E-state index contributed by atoms with van der Waals surface area (Å²) in [6.07, 6.45) is 17.4. The summed E-state index contributed by atoms with van der Waals surface area (Å²) in [6.45, 7) is 3.40. The molecule has 194 valence electrons. The lowest BCUT2D eigenvalue weighted by atomic mass is 10.1. The molecule has 8 nitrogen and oxygen atoms in total. The van der Waals surface area contributed by atoms with Crippen LogP contribution in [0.2, 0.25) is 0 Å². The van der Waals surface area contributed by atoms with Gasteiger partial charge >= 0.3 is 19.8 Å². The van der Waals surface area contributed by atoms with E-state index in [1.165, 1.54) is 19.3 Å². The van der Waals surface area contributed by atoms with E-state index in [-0.39, 0.29) is 19.4 Å². The Bertz CT molecular complexity index is 573. The first-order valence-corrected chi connectivity index (χ1v) is 14.0. The second-order valence-electron chi connectivity index (χ2n) is 8.31. The molecule has 0 aromatic rings. The second-order valence-corrected chi connectivity index (χ2v) is 9.55. The van der Waals surface area contributed by atoms with Crippen LogP contribution in [0.5, 0.6) is 0 Å². The van der Waals surface area contributed by atoms with E-state index >= 15 is 0 Å². The van der Waals surface area contributed by atoms with Crippen molar-refractivity contribution in [3.8, 4) is 0 Å². The molecule has 0 aromatic carbocycles. The zero-order chi connectivity index (χ0) is 24.8. The zero-order valence-electron chi connectivity index (χ0n) is 20.5. The van der Waals surface area contributed by atoms with Crippen LogP contribution in [0.4, 0.5) is 0 Å². The molecule has 0 bridgehead atoms. The third-order valence-electron chi connectivity index (χ3n) is 5.03. The Kier molecular flexibility index (Phi) is 20.5. The molecule has 0 saturated carbocycles. The number of rotatable bonds is 22. The van der Waals surface area contributed by atoms with Crippen LogP contribution in [0.25, 0.3) is 0 Å². The van der Waals surface area contributed by atoms with Gasteiger partial charge in [-0.15, -0.1) is 0 Å². The van der Waals surface area contributed by atoms with Crippen LogP contribution in [-0.4, -0.2) is 41.0 Å². The minimum atomic E-state index is -4.72. The van der Waals surface area contributed by atoms with Crippen molar-refractivity contribution in [2.75, 3.05) is 13.2 Å². The Morgan fingerprint density at radius 1 is 0.758 bits per heavy atom. The maximum Gasteiger partial charge on any atom is 0.469 e. The Morgan fingerprint density at radius 3 is 1.91 bits per heavy atom. The SMILES string of the molecule is CCCCC/C=C\CCCCCCCC(=O)OC(COC(=O)CCCCC)COP(=O)(O)O. The average molecular weight is 493 g/mol. The normalized spacial score (nSPS) is 12.7. The van der Waals surface area contributed by atoms with Crippen LogP contribution >= 0.6 is 7.82 Å². The van der Waals surface area contributed by atoms with Gasteiger partial charge in [0.2, 0.25) is 0 Å². The summed E-state index contributed by atoms with van der Waals surface area (Å²) in [7, 11) is -4.72. The number of ether oxygens (including phenoxy) is 2. The van der Waals surface area contributed by atoms with Crippen LogP contribution in [0.1, 0.15) is 110 Å². The summed E-state index contributed by atoms with van der Waals surface area (Å²) in [5, 5.41) is 0. The Balaban J connectivity index is 4.06. The highest BCUT2D eigenvalue weighted by molar-refractivity contribution is 7.46. The highest BCUT2D eigenvalue weighted by atomic mass is 31.2. The van der Waals surface area contributed by atoms with Gasteiger partial charge in [-0.05, 0) is 38.5 Å². The van der Waals surface area contributed by atoms with Crippen LogP contribution in [0.15, 0.2) is 12.2 Å². The molecule has 9 heteroatoms. The van der Waals surface area contributed by atoms with Gasteiger partial charge in [0, 0.05) is 12.8 Å². The van der Waals surface area contributed by atoms with Crippen molar-refractivity contribution >= 4 is 19.8 Å². The molecule has 0 rings (SSSR count). The largest absolute Gasteiger partial charge is 0.469 e. The van der Waals surface area contributed by atoms with Gasteiger partial charge in [-0.25, -0.2) is 4.57 Å². The Hall–Kier alpha value is -1.21. The smallest absolute Gasteiger partial charge is 0.462 e. The van der Waals surface area contributed by atoms with E-state index in [1.807, 2.05) is 6.92 Å². The Morgan fingerprint density at radius 2 is 1.27 bits per heavy atom. The molecule has 0 heterocycles. The highest BCUT2D eigenvalue weighted by Gasteiger charge is 2.22. The van der Waals surface area contributed by atoms with E-state index in [4.69, 9.17) is 19.3 Å². The quantitative estimate of drug-likeness (QED) is 0.0817. The number of carbonyl (C=O) groups excluding carboxylic acids is 2. The minimum Gasteiger partial charge on any atom is -0.462 e. The summed E-state index contributed by atoms with van der Waals surface area (Å²) >= 11 is 0. The summed E-state index contributed by atoms with van der Waals surface area (Å²) < 4.78 is 25.7. The molecular weight excluding hydrogens is 447 g/mol. The van der Waals surface area contributed by atoms with Crippen LogP contribution in [0.3, 0.4) is 0 Å². The lowest BCUT2D eigenvalue weighted by Gasteiger charge is -2.18. The Labute approximate surface area is 199 Å². The van der Waals surface area contributed by atoms with Crippen molar-refractivity contribution in [1.82, 2.24) is 0 Å². The van der Waals surface area contributed by atoms with Crippen LogP contribution in [-0.2, 0) is 28.2 Å². The van der Waals surface area contributed by atoms with Gasteiger partial charge in [-0.3, -0.25) is 14.1 Å². The fourth-order valence-corrected chi connectivity index (χ4v) is 3.49. The molecule has 0 spiro atoms. The number of esters is 2. The van der Waals surface area contributed by atoms with E-state index in [1.54, 1.807) is 0 Å². The average Bonchev–Trinajstić information content (AvgIpc) is 2.76. The molecule has 0 aliphatic heterocycles. The van der Waals surface area contributed by atoms with Gasteiger partial charge in [0.25, 0.3) is 0 Å². The van der Waals surface area contributed by atoms with Gasteiger partial charge in [0.05, 0.1) is 6.61 Å².